The highest BCUT2D eigenvalue weighted by Crippen LogP contribution is 2.36. The van der Waals surface area contributed by atoms with E-state index in [-0.39, 0.29) is 0 Å². The first-order valence-corrected chi connectivity index (χ1v) is 4.39. The van der Waals surface area contributed by atoms with Gasteiger partial charge in [0.1, 0.15) is 5.60 Å². The molecule has 0 unspecified atom stereocenters. The summed E-state index contributed by atoms with van der Waals surface area (Å²) in [5, 5.41) is 10.0. The smallest absolute Gasteiger partial charge is 0.104 e. The van der Waals surface area contributed by atoms with E-state index >= 15 is 0 Å². The SMILES string of the molecule is OC12C=CCCC1CCC=C2. The Morgan fingerprint density at radius 1 is 1.09 bits per heavy atom. The molecule has 2 aliphatic carbocycles. The van der Waals surface area contributed by atoms with Gasteiger partial charge < -0.3 is 5.11 Å². The van der Waals surface area contributed by atoms with E-state index in [1.165, 1.54) is 0 Å². The third-order valence-electron chi connectivity index (χ3n) is 2.79. The van der Waals surface area contributed by atoms with E-state index in [1.807, 2.05) is 12.2 Å². The van der Waals surface area contributed by atoms with Crippen LogP contribution in [0.15, 0.2) is 24.3 Å². The Bertz CT molecular complexity index is 185. The van der Waals surface area contributed by atoms with Crippen LogP contribution in [0.1, 0.15) is 25.7 Å². The highest BCUT2D eigenvalue weighted by atomic mass is 16.3. The summed E-state index contributed by atoms with van der Waals surface area (Å²) in [5.74, 6) is 0.484. The second-order valence-electron chi connectivity index (χ2n) is 3.54. The summed E-state index contributed by atoms with van der Waals surface area (Å²) in [6.45, 7) is 0. The van der Waals surface area contributed by atoms with Crippen molar-refractivity contribution in [2.75, 3.05) is 0 Å². The molecule has 1 N–H and O–H groups in total. The molecular formula is C10H14O. The predicted octanol–water partition coefficient (Wildman–Crippen LogP) is 2.03. The molecule has 0 aromatic carbocycles. The predicted molar refractivity (Wildman–Crippen MR) is 45.2 cm³/mol. The lowest BCUT2D eigenvalue weighted by Crippen LogP contribution is -2.37. The molecule has 0 fully saturated rings. The summed E-state index contributed by atoms with van der Waals surface area (Å²) in [4.78, 5) is 0. The average Bonchev–Trinajstić information content (AvgIpc) is 2.03. The second-order valence-corrected chi connectivity index (χ2v) is 3.54. The number of rotatable bonds is 0. The van der Waals surface area contributed by atoms with Crippen LogP contribution in [-0.4, -0.2) is 10.7 Å². The van der Waals surface area contributed by atoms with Gasteiger partial charge in [-0.2, -0.15) is 0 Å². The summed E-state index contributed by atoms with van der Waals surface area (Å²) in [5.41, 5.74) is -0.587. The Balaban J connectivity index is 2.29. The van der Waals surface area contributed by atoms with E-state index in [1.54, 1.807) is 0 Å². The first-order valence-electron chi connectivity index (χ1n) is 4.39. The third-order valence-corrected chi connectivity index (χ3v) is 2.79. The van der Waals surface area contributed by atoms with Gasteiger partial charge in [0, 0.05) is 0 Å². The van der Waals surface area contributed by atoms with Crippen molar-refractivity contribution in [3.05, 3.63) is 24.3 Å². The molecule has 2 rings (SSSR count). The maximum absolute atomic E-state index is 10.0. The molecule has 0 heterocycles. The van der Waals surface area contributed by atoms with E-state index in [2.05, 4.69) is 12.2 Å². The molecule has 1 heteroatoms. The largest absolute Gasteiger partial charge is 0.381 e. The molecule has 60 valence electrons. The monoisotopic (exact) mass is 150 g/mol. The van der Waals surface area contributed by atoms with E-state index in [0.717, 1.165) is 25.7 Å². The zero-order valence-electron chi connectivity index (χ0n) is 6.66. The van der Waals surface area contributed by atoms with Crippen molar-refractivity contribution in [3.63, 3.8) is 0 Å². The standard InChI is InChI=1S/C10H14O/c11-10-7-3-1-5-9(10)6-2-4-8-10/h3-4,7-9,11H,1-2,5-6H2. The molecular weight excluding hydrogens is 136 g/mol. The van der Waals surface area contributed by atoms with Gasteiger partial charge in [-0.1, -0.05) is 24.3 Å². The fourth-order valence-corrected chi connectivity index (χ4v) is 2.07. The fraction of sp³-hybridized carbons (Fsp3) is 0.600. The van der Waals surface area contributed by atoms with E-state index < -0.39 is 5.60 Å². The van der Waals surface area contributed by atoms with Crippen LogP contribution < -0.4 is 0 Å². The highest BCUT2D eigenvalue weighted by Gasteiger charge is 2.34. The van der Waals surface area contributed by atoms with Crippen molar-refractivity contribution < 1.29 is 5.11 Å². The van der Waals surface area contributed by atoms with E-state index in [4.69, 9.17) is 0 Å². The molecule has 0 amide bonds. The van der Waals surface area contributed by atoms with Crippen LogP contribution in [0.25, 0.3) is 0 Å². The molecule has 2 aliphatic rings. The zero-order valence-corrected chi connectivity index (χ0v) is 6.66. The number of hydrogen-bond acceptors (Lipinski definition) is 1. The van der Waals surface area contributed by atoms with Crippen LogP contribution >= 0.6 is 0 Å². The number of hydrogen-bond donors (Lipinski definition) is 1. The molecule has 1 nitrogen and oxygen atoms in total. The van der Waals surface area contributed by atoms with Crippen LogP contribution in [0.3, 0.4) is 0 Å². The molecule has 0 saturated heterocycles. The van der Waals surface area contributed by atoms with Gasteiger partial charge in [-0.05, 0) is 31.6 Å². The maximum atomic E-state index is 10.0. The van der Waals surface area contributed by atoms with Crippen molar-refractivity contribution in [1.82, 2.24) is 0 Å². The van der Waals surface area contributed by atoms with Gasteiger partial charge in [0.25, 0.3) is 0 Å². The second kappa shape index (κ2) is 2.49. The van der Waals surface area contributed by atoms with Crippen molar-refractivity contribution >= 4 is 0 Å². The maximum Gasteiger partial charge on any atom is 0.104 e. The highest BCUT2D eigenvalue weighted by molar-refractivity contribution is 5.21. The van der Waals surface area contributed by atoms with Crippen LogP contribution in [-0.2, 0) is 0 Å². The molecule has 0 saturated carbocycles. The van der Waals surface area contributed by atoms with Gasteiger partial charge in [-0.25, -0.2) is 0 Å². The van der Waals surface area contributed by atoms with Gasteiger partial charge >= 0.3 is 0 Å². The lowest BCUT2D eigenvalue weighted by atomic mass is 9.74. The fourth-order valence-electron chi connectivity index (χ4n) is 2.07. The summed E-state index contributed by atoms with van der Waals surface area (Å²) in [6.07, 6.45) is 12.7. The van der Waals surface area contributed by atoms with Crippen molar-refractivity contribution in [2.24, 2.45) is 5.92 Å². The lowest BCUT2D eigenvalue weighted by Gasteiger charge is -2.36. The van der Waals surface area contributed by atoms with Gasteiger partial charge in [0.15, 0.2) is 0 Å². The van der Waals surface area contributed by atoms with Crippen LogP contribution in [0.2, 0.25) is 0 Å². The van der Waals surface area contributed by atoms with Crippen molar-refractivity contribution in [3.8, 4) is 0 Å². The Morgan fingerprint density at radius 3 is 2.09 bits per heavy atom. The Kier molecular flexibility index (Phi) is 1.61. The first kappa shape index (κ1) is 7.11. The van der Waals surface area contributed by atoms with Gasteiger partial charge in [-0.3, -0.25) is 0 Å². The number of fused-ring (bicyclic) bond motifs is 1. The van der Waals surface area contributed by atoms with Crippen LogP contribution in [0.4, 0.5) is 0 Å². The average molecular weight is 150 g/mol. The topological polar surface area (TPSA) is 20.2 Å². The first-order chi connectivity index (χ1) is 5.31. The van der Waals surface area contributed by atoms with Crippen molar-refractivity contribution in [1.29, 1.82) is 0 Å². The Hall–Kier alpha value is -0.560. The molecule has 0 spiro atoms. The Morgan fingerprint density at radius 2 is 1.64 bits per heavy atom. The van der Waals surface area contributed by atoms with Crippen molar-refractivity contribution in [2.45, 2.75) is 31.3 Å². The number of aliphatic hydroxyl groups is 1. The number of allylic oxidation sites excluding steroid dienone is 2. The molecule has 0 aliphatic heterocycles. The van der Waals surface area contributed by atoms with Crippen LogP contribution in [0.5, 0.6) is 0 Å². The summed E-state index contributed by atoms with van der Waals surface area (Å²) in [7, 11) is 0. The van der Waals surface area contributed by atoms with Gasteiger partial charge in [0.05, 0.1) is 0 Å². The summed E-state index contributed by atoms with van der Waals surface area (Å²) >= 11 is 0. The minimum Gasteiger partial charge on any atom is -0.381 e. The molecule has 0 bridgehead atoms. The zero-order chi connectivity index (χ0) is 7.73. The Labute approximate surface area is 67.4 Å². The molecule has 0 atom stereocenters. The summed E-state index contributed by atoms with van der Waals surface area (Å²) in [6, 6.07) is 0. The molecule has 0 radical (unpaired) electrons. The summed E-state index contributed by atoms with van der Waals surface area (Å²) < 4.78 is 0. The third kappa shape index (κ3) is 1.14. The van der Waals surface area contributed by atoms with Crippen LogP contribution in [0, 0.1) is 5.92 Å². The van der Waals surface area contributed by atoms with E-state index in [0.29, 0.717) is 5.92 Å². The minimum absolute atomic E-state index is 0.484. The lowest BCUT2D eigenvalue weighted by molar-refractivity contribution is 0.0545. The quantitative estimate of drug-likeness (QED) is 0.524. The molecule has 0 aromatic rings. The van der Waals surface area contributed by atoms with E-state index in [9.17, 15) is 5.11 Å². The van der Waals surface area contributed by atoms with Gasteiger partial charge in [0.2, 0.25) is 0 Å². The normalized spacial score (nSPS) is 42.1. The molecule has 11 heavy (non-hydrogen) atoms. The molecule has 0 aromatic heterocycles. The minimum atomic E-state index is -0.587. The van der Waals surface area contributed by atoms with Gasteiger partial charge in [-0.15, -0.1) is 0 Å².